The number of nitrogens with one attached hydrogen (secondary N) is 2. The Hall–Kier alpha value is -3.72. The zero-order chi connectivity index (χ0) is 23.2. The smallest absolute Gasteiger partial charge is 0.255 e. The zero-order valence-corrected chi connectivity index (χ0v) is 18.8. The van der Waals surface area contributed by atoms with Crippen LogP contribution in [0.25, 0.3) is 11.0 Å². The molecule has 0 radical (unpaired) electrons. The third-order valence-corrected chi connectivity index (χ3v) is 7.14. The number of piperazine rings is 1. The van der Waals surface area contributed by atoms with Gasteiger partial charge in [0.15, 0.2) is 0 Å². The number of nitrogens with zero attached hydrogens (tertiary/aromatic N) is 4. The van der Waals surface area contributed by atoms with Gasteiger partial charge >= 0.3 is 0 Å². The first-order chi connectivity index (χ1) is 16.6. The van der Waals surface area contributed by atoms with E-state index in [2.05, 4.69) is 37.2 Å². The molecule has 3 aliphatic heterocycles. The minimum atomic E-state index is -0.575. The summed E-state index contributed by atoms with van der Waals surface area (Å²) >= 11 is 0. The molecule has 34 heavy (non-hydrogen) atoms. The van der Waals surface area contributed by atoms with Crippen LogP contribution in [0.15, 0.2) is 42.7 Å². The highest BCUT2D eigenvalue weighted by atomic mass is 16.2. The Morgan fingerprint density at radius 3 is 2.74 bits per heavy atom. The summed E-state index contributed by atoms with van der Waals surface area (Å²) in [6.07, 6.45) is 4.49. The number of carbonyl (C=O) groups excluding carboxylic acids is 3. The van der Waals surface area contributed by atoms with Crippen molar-refractivity contribution in [2.24, 2.45) is 0 Å². The van der Waals surface area contributed by atoms with E-state index >= 15 is 0 Å². The number of aromatic nitrogens is 2. The number of H-pyrrole nitrogens is 1. The average Bonchev–Trinajstić information content (AvgIpc) is 3.41. The number of carbonyl (C=O) groups is 3. The number of pyridine rings is 1. The number of piperidine rings is 1. The lowest BCUT2D eigenvalue weighted by atomic mass is 10.0. The quantitative estimate of drug-likeness (QED) is 0.577. The van der Waals surface area contributed by atoms with Gasteiger partial charge in [0.1, 0.15) is 11.7 Å². The summed E-state index contributed by atoms with van der Waals surface area (Å²) in [4.78, 5) is 50.7. The first kappa shape index (κ1) is 20.9. The molecule has 1 atom stereocenters. The van der Waals surface area contributed by atoms with Crippen LogP contribution in [0, 0.1) is 0 Å². The highest BCUT2D eigenvalue weighted by Gasteiger charge is 2.39. The van der Waals surface area contributed by atoms with Gasteiger partial charge in [-0.05, 0) is 35.7 Å². The minimum Gasteiger partial charge on any atom is -0.367 e. The molecule has 9 nitrogen and oxygen atoms in total. The Bertz CT molecular complexity index is 1290. The first-order valence-electron chi connectivity index (χ1n) is 11.7. The van der Waals surface area contributed by atoms with Gasteiger partial charge in [-0.2, -0.15) is 0 Å². The fourth-order valence-electron chi connectivity index (χ4n) is 5.33. The van der Waals surface area contributed by atoms with Crippen LogP contribution in [0.3, 0.4) is 0 Å². The van der Waals surface area contributed by atoms with E-state index in [9.17, 15) is 14.4 Å². The van der Waals surface area contributed by atoms with E-state index in [1.165, 1.54) is 11.3 Å². The highest BCUT2D eigenvalue weighted by molar-refractivity contribution is 6.05. The van der Waals surface area contributed by atoms with Crippen molar-refractivity contribution in [1.82, 2.24) is 25.1 Å². The molecule has 0 bridgehead atoms. The fraction of sp³-hybridized carbons (Fsp3) is 0.360. The summed E-state index contributed by atoms with van der Waals surface area (Å²) in [6, 6.07) is 9.49. The summed E-state index contributed by atoms with van der Waals surface area (Å²) in [7, 11) is 0. The largest absolute Gasteiger partial charge is 0.367 e. The van der Waals surface area contributed by atoms with E-state index in [1.54, 1.807) is 11.1 Å². The molecule has 1 aromatic carbocycles. The predicted molar refractivity (Wildman–Crippen MR) is 126 cm³/mol. The third-order valence-electron chi connectivity index (χ3n) is 7.14. The van der Waals surface area contributed by atoms with Crippen molar-refractivity contribution in [2.45, 2.75) is 32.0 Å². The monoisotopic (exact) mass is 458 g/mol. The molecule has 0 spiro atoms. The maximum Gasteiger partial charge on any atom is 0.255 e. The number of hydrogen-bond acceptors (Lipinski definition) is 6. The van der Waals surface area contributed by atoms with Crippen molar-refractivity contribution in [3.05, 3.63) is 59.4 Å². The minimum absolute atomic E-state index is 0.127. The van der Waals surface area contributed by atoms with Crippen molar-refractivity contribution in [2.75, 3.05) is 31.1 Å². The maximum atomic E-state index is 12.9. The van der Waals surface area contributed by atoms with Gasteiger partial charge in [-0.15, -0.1) is 0 Å². The molecule has 0 saturated carbocycles. The summed E-state index contributed by atoms with van der Waals surface area (Å²) in [6.45, 7) is 5.01. The number of aromatic amines is 1. The number of fused-ring (bicyclic) bond motifs is 2. The topological polar surface area (TPSA) is 102 Å². The molecule has 2 saturated heterocycles. The van der Waals surface area contributed by atoms with Crippen molar-refractivity contribution >= 4 is 34.4 Å². The van der Waals surface area contributed by atoms with Crippen molar-refractivity contribution in [1.29, 1.82) is 0 Å². The van der Waals surface area contributed by atoms with E-state index in [4.69, 9.17) is 0 Å². The van der Waals surface area contributed by atoms with E-state index in [-0.39, 0.29) is 24.1 Å². The number of benzene rings is 1. The molecular weight excluding hydrogens is 432 g/mol. The normalized spacial score (nSPS) is 21.3. The first-order valence-corrected chi connectivity index (χ1v) is 11.7. The van der Waals surface area contributed by atoms with Gasteiger partial charge in [0.05, 0.1) is 5.69 Å². The molecule has 6 rings (SSSR count). The second-order valence-corrected chi connectivity index (χ2v) is 9.23. The lowest BCUT2D eigenvalue weighted by molar-refractivity contribution is -0.136. The van der Waals surface area contributed by atoms with Gasteiger partial charge in [0, 0.05) is 69.0 Å². The van der Waals surface area contributed by atoms with Gasteiger partial charge in [-0.1, -0.05) is 12.1 Å². The van der Waals surface area contributed by atoms with Crippen molar-refractivity contribution in [3.8, 4) is 0 Å². The summed E-state index contributed by atoms with van der Waals surface area (Å²) < 4.78 is 0. The molecule has 3 aliphatic rings. The number of imide groups is 1. The molecule has 3 amide bonds. The van der Waals surface area contributed by atoms with Crippen LogP contribution in [-0.4, -0.2) is 69.7 Å². The zero-order valence-electron chi connectivity index (χ0n) is 18.8. The molecular formula is C25H26N6O3. The predicted octanol–water partition coefficient (Wildman–Crippen LogP) is 1.65. The van der Waals surface area contributed by atoms with Crippen LogP contribution >= 0.6 is 0 Å². The Morgan fingerprint density at radius 1 is 1.06 bits per heavy atom. The van der Waals surface area contributed by atoms with Gasteiger partial charge < -0.3 is 14.8 Å². The lowest BCUT2D eigenvalue weighted by Crippen LogP contribution is -2.52. The molecule has 5 heterocycles. The standard InChI is InChI=1S/C25H26N6O3/c32-22-6-5-20(24(33)28-22)31-15-17-12-16(3-4-18(17)25(31)34)14-29-8-10-30(11-9-29)21-13-27-23-19(21)2-1-7-26-23/h1-4,7,12-13,20H,5-6,8-11,14-15H2,(H,26,27)(H,28,32,33). The molecule has 2 aromatic heterocycles. The Labute approximate surface area is 196 Å². The molecule has 9 heteroatoms. The highest BCUT2D eigenvalue weighted by Crippen LogP contribution is 2.29. The molecule has 2 fully saturated rings. The van der Waals surface area contributed by atoms with Gasteiger partial charge in [0.2, 0.25) is 11.8 Å². The Morgan fingerprint density at radius 2 is 1.91 bits per heavy atom. The number of anilines is 1. The summed E-state index contributed by atoms with van der Waals surface area (Å²) in [5.74, 6) is -0.770. The van der Waals surface area contributed by atoms with Gasteiger partial charge in [-0.25, -0.2) is 4.98 Å². The van der Waals surface area contributed by atoms with Crippen molar-refractivity contribution < 1.29 is 14.4 Å². The van der Waals surface area contributed by atoms with Crippen LogP contribution in [0.2, 0.25) is 0 Å². The number of amides is 3. The van der Waals surface area contributed by atoms with Crippen LogP contribution in [-0.2, 0) is 22.7 Å². The SMILES string of the molecule is O=C1CCC(N2Cc3cc(CN4CCN(c5c[nH]c6ncccc56)CC4)ccc3C2=O)C(=O)N1. The summed E-state index contributed by atoms with van der Waals surface area (Å²) in [5.41, 5.74) is 4.90. The molecule has 0 aliphatic carbocycles. The second-order valence-electron chi connectivity index (χ2n) is 9.23. The second kappa shape index (κ2) is 8.25. The number of hydrogen-bond donors (Lipinski definition) is 2. The van der Waals surface area contributed by atoms with Crippen LogP contribution < -0.4 is 10.2 Å². The van der Waals surface area contributed by atoms with Crippen LogP contribution in [0.4, 0.5) is 5.69 Å². The van der Waals surface area contributed by atoms with Gasteiger partial charge in [-0.3, -0.25) is 24.6 Å². The molecule has 3 aromatic rings. The van der Waals surface area contributed by atoms with E-state index in [1.807, 2.05) is 24.4 Å². The molecule has 2 N–H and O–H groups in total. The maximum absolute atomic E-state index is 12.9. The Kier molecular flexibility index (Phi) is 5.06. The van der Waals surface area contributed by atoms with E-state index < -0.39 is 6.04 Å². The van der Waals surface area contributed by atoms with Gasteiger partial charge in [0.25, 0.3) is 5.91 Å². The van der Waals surface area contributed by atoms with E-state index in [0.717, 1.165) is 49.3 Å². The average molecular weight is 459 g/mol. The van der Waals surface area contributed by atoms with E-state index in [0.29, 0.717) is 18.5 Å². The van der Waals surface area contributed by atoms with Crippen LogP contribution in [0.5, 0.6) is 0 Å². The molecule has 1 unspecified atom stereocenters. The summed E-state index contributed by atoms with van der Waals surface area (Å²) in [5, 5.41) is 3.51. The molecule has 174 valence electrons. The fourth-order valence-corrected chi connectivity index (χ4v) is 5.33. The number of rotatable bonds is 4. The third kappa shape index (κ3) is 3.62. The lowest BCUT2D eigenvalue weighted by Gasteiger charge is -2.35. The Balaban J connectivity index is 1.10. The van der Waals surface area contributed by atoms with Crippen LogP contribution in [0.1, 0.15) is 34.3 Å². The van der Waals surface area contributed by atoms with Crippen molar-refractivity contribution in [3.63, 3.8) is 0 Å².